The van der Waals surface area contributed by atoms with E-state index < -0.39 is 0 Å². The van der Waals surface area contributed by atoms with Gasteiger partial charge in [-0.3, -0.25) is 10.3 Å². The molecule has 1 aliphatic heterocycles. The maximum Gasteiger partial charge on any atom is 0.104 e. The number of nitrogens with zero attached hydrogens (tertiary/aromatic N) is 2. The highest BCUT2D eigenvalue weighted by molar-refractivity contribution is 5.85. The van der Waals surface area contributed by atoms with Crippen molar-refractivity contribution in [3.63, 3.8) is 0 Å². The molecular weight excluding hydrogens is 186 g/mol. The maximum absolute atomic E-state index is 4.49. The summed E-state index contributed by atoms with van der Waals surface area (Å²) >= 11 is 0. The van der Waals surface area contributed by atoms with E-state index >= 15 is 0 Å². The van der Waals surface area contributed by atoms with Gasteiger partial charge in [0.25, 0.3) is 0 Å². The molecule has 15 heavy (non-hydrogen) atoms. The van der Waals surface area contributed by atoms with Gasteiger partial charge in [-0.25, -0.2) is 0 Å². The Morgan fingerprint density at radius 1 is 1.47 bits per heavy atom. The van der Waals surface area contributed by atoms with E-state index in [1.807, 2.05) is 12.2 Å². The lowest BCUT2D eigenvalue weighted by Gasteiger charge is -2.38. The lowest BCUT2D eigenvalue weighted by molar-refractivity contribution is 0.186. The van der Waals surface area contributed by atoms with Crippen molar-refractivity contribution in [3.8, 4) is 0 Å². The van der Waals surface area contributed by atoms with E-state index in [9.17, 15) is 0 Å². The first-order chi connectivity index (χ1) is 7.11. The molecule has 0 aromatic rings. The third kappa shape index (κ3) is 2.93. The van der Waals surface area contributed by atoms with Gasteiger partial charge in [-0.2, -0.15) is 0 Å². The largest absolute Gasteiger partial charge is 0.341 e. The lowest BCUT2D eigenvalue weighted by Crippen LogP contribution is -2.55. The molecule has 0 aromatic heterocycles. The number of rotatable bonds is 6. The minimum absolute atomic E-state index is 0.0630. The van der Waals surface area contributed by atoms with E-state index in [1.54, 1.807) is 0 Å². The Morgan fingerprint density at radius 3 is 2.80 bits per heavy atom. The molecule has 0 unspecified atom stereocenters. The molecule has 1 aliphatic rings. The molecule has 0 saturated carbocycles. The van der Waals surface area contributed by atoms with Gasteiger partial charge in [0, 0.05) is 19.5 Å². The quantitative estimate of drug-likeness (QED) is 0.672. The van der Waals surface area contributed by atoms with Crippen LogP contribution in [0.2, 0.25) is 0 Å². The van der Waals surface area contributed by atoms with Crippen LogP contribution in [-0.4, -0.2) is 36.0 Å². The molecule has 0 atom stereocenters. The van der Waals surface area contributed by atoms with E-state index in [0.717, 1.165) is 31.9 Å². The van der Waals surface area contributed by atoms with Gasteiger partial charge in [0.05, 0.1) is 12.2 Å². The fourth-order valence-electron chi connectivity index (χ4n) is 1.82. The summed E-state index contributed by atoms with van der Waals surface area (Å²) in [5, 5.41) is 3.43. The third-order valence-corrected chi connectivity index (χ3v) is 2.61. The molecule has 0 spiro atoms. The Hall–Kier alpha value is -1.09. The summed E-state index contributed by atoms with van der Waals surface area (Å²) in [5.74, 6) is 1.13. The molecule has 0 bridgehead atoms. The summed E-state index contributed by atoms with van der Waals surface area (Å²) in [6.45, 7) is 14.5. The van der Waals surface area contributed by atoms with Gasteiger partial charge in [-0.1, -0.05) is 12.2 Å². The van der Waals surface area contributed by atoms with Crippen LogP contribution in [0, 0.1) is 0 Å². The van der Waals surface area contributed by atoms with Crippen LogP contribution in [0.5, 0.6) is 0 Å². The van der Waals surface area contributed by atoms with Crippen molar-refractivity contribution < 1.29 is 0 Å². The van der Waals surface area contributed by atoms with Crippen molar-refractivity contribution >= 4 is 5.84 Å². The van der Waals surface area contributed by atoms with Gasteiger partial charge < -0.3 is 4.90 Å². The van der Waals surface area contributed by atoms with E-state index in [1.165, 1.54) is 0 Å². The van der Waals surface area contributed by atoms with Crippen molar-refractivity contribution in [3.05, 3.63) is 25.3 Å². The smallest absolute Gasteiger partial charge is 0.104 e. The van der Waals surface area contributed by atoms with Crippen molar-refractivity contribution in [1.82, 2.24) is 10.2 Å². The van der Waals surface area contributed by atoms with E-state index in [0.29, 0.717) is 0 Å². The molecule has 1 heterocycles. The second kappa shape index (κ2) is 5.12. The number of nitrogens with one attached hydrogen (secondary N) is 1. The average molecular weight is 207 g/mol. The maximum atomic E-state index is 4.49. The molecule has 0 saturated heterocycles. The topological polar surface area (TPSA) is 27.6 Å². The Kier molecular flexibility index (Phi) is 4.09. The number of aliphatic imine (C=N–C) groups is 1. The zero-order valence-corrected chi connectivity index (χ0v) is 9.79. The highest BCUT2D eigenvalue weighted by Crippen LogP contribution is 2.17. The van der Waals surface area contributed by atoms with Crippen LogP contribution in [0.15, 0.2) is 30.3 Å². The molecule has 1 rings (SSSR count). The number of hydrogen-bond donors (Lipinski definition) is 1. The van der Waals surface area contributed by atoms with Crippen molar-refractivity contribution in [2.75, 3.05) is 19.6 Å². The van der Waals surface area contributed by atoms with Crippen LogP contribution in [0.25, 0.3) is 0 Å². The Balaban J connectivity index is 2.65. The van der Waals surface area contributed by atoms with E-state index in [-0.39, 0.29) is 5.66 Å². The van der Waals surface area contributed by atoms with Crippen molar-refractivity contribution in [1.29, 1.82) is 0 Å². The van der Waals surface area contributed by atoms with Gasteiger partial charge in [-0.15, -0.1) is 13.2 Å². The van der Waals surface area contributed by atoms with E-state index in [2.05, 4.69) is 42.2 Å². The molecule has 0 radical (unpaired) electrons. The van der Waals surface area contributed by atoms with Gasteiger partial charge in [0.2, 0.25) is 0 Å². The van der Waals surface area contributed by atoms with Gasteiger partial charge in [-0.05, 0) is 13.8 Å². The molecule has 3 heteroatoms. The van der Waals surface area contributed by atoms with Crippen LogP contribution < -0.4 is 5.32 Å². The Morgan fingerprint density at radius 2 is 2.20 bits per heavy atom. The zero-order valence-electron chi connectivity index (χ0n) is 9.79. The second-order valence-electron chi connectivity index (χ2n) is 4.17. The molecule has 84 valence electrons. The Bertz CT molecular complexity index is 266. The summed E-state index contributed by atoms with van der Waals surface area (Å²) in [4.78, 5) is 6.79. The number of amidine groups is 1. The second-order valence-corrected chi connectivity index (χ2v) is 4.17. The predicted molar refractivity (Wildman–Crippen MR) is 66.1 cm³/mol. The standard InChI is InChI=1S/C12H21N3/c1-5-7-11-13-9-10-15(11)12(3,4)14-8-6-2/h5-6,14H,1-2,7-10H2,3-4H3. The molecule has 0 fully saturated rings. The van der Waals surface area contributed by atoms with Gasteiger partial charge >= 0.3 is 0 Å². The fraction of sp³-hybridized carbons (Fsp3) is 0.583. The molecule has 0 aromatic carbocycles. The minimum atomic E-state index is -0.0630. The van der Waals surface area contributed by atoms with Crippen LogP contribution in [0.4, 0.5) is 0 Å². The fourth-order valence-corrected chi connectivity index (χ4v) is 1.82. The number of hydrogen-bond acceptors (Lipinski definition) is 3. The monoisotopic (exact) mass is 207 g/mol. The highest BCUT2D eigenvalue weighted by atomic mass is 15.4. The average Bonchev–Trinajstić information content (AvgIpc) is 2.64. The van der Waals surface area contributed by atoms with Gasteiger partial charge in [0.1, 0.15) is 5.84 Å². The van der Waals surface area contributed by atoms with Crippen molar-refractivity contribution in [2.24, 2.45) is 4.99 Å². The van der Waals surface area contributed by atoms with Crippen LogP contribution in [-0.2, 0) is 0 Å². The molecule has 1 N–H and O–H groups in total. The predicted octanol–water partition coefficient (Wildman–Crippen LogP) is 1.79. The summed E-state index contributed by atoms with van der Waals surface area (Å²) in [7, 11) is 0. The first kappa shape index (κ1) is 12.0. The van der Waals surface area contributed by atoms with Crippen LogP contribution >= 0.6 is 0 Å². The first-order valence-corrected chi connectivity index (χ1v) is 5.39. The summed E-state index contributed by atoms with van der Waals surface area (Å²) in [6.07, 6.45) is 4.63. The molecule has 0 amide bonds. The summed E-state index contributed by atoms with van der Waals surface area (Å²) in [5.41, 5.74) is -0.0630. The van der Waals surface area contributed by atoms with E-state index in [4.69, 9.17) is 0 Å². The minimum Gasteiger partial charge on any atom is -0.341 e. The van der Waals surface area contributed by atoms with Crippen LogP contribution in [0.1, 0.15) is 20.3 Å². The van der Waals surface area contributed by atoms with Gasteiger partial charge in [0.15, 0.2) is 0 Å². The normalized spacial score (nSPS) is 16.4. The molecular formula is C12H21N3. The highest BCUT2D eigenvalue weighted by Gasteiger charge is 2.30. The molecule has 0 aliphatic carbocycles. The Labute approximate surface area is 92.6 Å². The van der Waals surface area contributed by atoms with Crippen molar-refractivity contribution in [2.45, 2.75) is 25.9 Å². The van der Waals surface area contributed by atoms with Crippen LogP contribution in [0.3, 0.4) is 0 Å². The summed E-state index contributed by atoms with van der Waals surface area (Å²) < 4.78 is 0. The summed E-state index contributed by atoms with van der Waals surface area (Å²) in [6, 6.07) is 0. The first-order valence-electron chi connectivity index (χ1n) is 5.39. The zero-order chi connectivity index (χ0) is 11.3. The molecule has 3 nitrogen and oxygen atoms in total. The SMILES string of the molecule is C=CCNC(C)(C)N1CCN=C1CC=C. The third-order valence-electron chi connectivity index (χ3n) is 2.61. The lowest BCUT2D eigenvalue weighted by atomic mass is 10.1.